The van der Waals surface area contributed by atoms with Gasteiger partial charge in [0.05, 0.1) is 16.6 Å². The van der Waals surface area contributed by atoms with E-state index in [0.717, 1.165) is 5.01 Å². The van der Waals surface area contributed by atoms with Crippen LogP contribution in [0.1, 0.15) is 31.2 Å². The van der Waals surface area contributed by atoms with Crippen LogP contribution >= 0.6 is 22.9 Å². The lowest BCUT2D eigenvalue weighted by molar-refractivity contribution is -0.122. The fourth-order valence-corrected chi connectivity index (χ4v) is 3.50. The summed E-state index contributed by atoms with van der Waals surface area (Å²) in [7, 11) is 0. The molecule has 0 spiro atoms. The van der Waals surface area contributed by atoms with Gasteiger partial charge in [-0.05, 0) is 12.1 Å². The van der Waals surface area contributed by atoms with Crippen molar-refractivity contribution in [2.75, 3.05) is 16.8 Å². The van der Waals surface area contributed by atoms with Crippen LogP contribution in [0.25, 0.3) is 0 Å². The van der Waals surface area contributed by atoms with Crippen molar-refractivity contribution in [2.24, 2.45) is 5.92 Å². The van der Waals surface area contributed by atoms with Crippen LogP contribution in [0.2, 0.25) is 5.02 Å². The maximum atomic E-state index is 12.4. The molecule has 2 aromatic rings. The Kier molecular flexibility index (Phi) is 4.82. The average molecular weight is 365 g/mol. The van der Waals surface area contributed by atoms with Crippen LogP contribution in [0.15, 0.2) is 24.3 Å². The number of para-hydroxylation sites is 1. The number of hydrogen-bond acceptors (Lipinski definition) is 5. The van der Waals surface area contributed by atoms with Gasteiger partial charge in [-0.3, -0.25) is 9.59 Å². The van der Waals surface area contributed by atoms with Gasteiger partial charge in [0.25, 0.3) is 0 Å². The summed E-state index contributed by atoms with van der Waals surface area (Å²) in [6.07, 6.45) is 0.160. The van der Waals surface area contributed by atoms with Crippen LogP contribution in [0.5, 0.6) is 0 Å². The van der Waals surface area contributed by atoms with Gasteiger partial charge in [0, 0.05) is 18.9 Å². The zero-order valence-electron chi connectivity index (χ0n) is 13.3. The van der Waals surface area contributed by atoms with E-state index >= 15 is 0 Å². The molecule has 2 heterocycles. The van der Waals surface area contributed by atoms with Gasteiger partial charge in [-0.25, -0.2) is 0 Å². The molecule has 1 atom stereocenters. The van der Waals surface area contributed by atoms with E-state index in [1.54, 1.807) is 23.1 Å². The molecule has 1 fully saturated rings. The predicted molar refractivity (Wildman–Crippen MR) is 94.5 cm³/mol. The minimum Gasteiger partial charge on any atom is -0.310 e. The van der Waals surface area contributed by atoms with Crippen molar-refractivity contribution >= 4 is 45.6 Å². The zero-order valence-corrected chi connectivity index (χ0v) is 14.9. The van der Waals surface area contributed by atoms with Crippen molar-refractivity contribution in [3.63, 3.8) is 0 Å². The molecule has 0 bridgehead atoms. The Labute approximate surface area is 148 Å². The number of nitrogens with zero attached hydrogens (tertiary/aromatic N) is 3. The number of carbonyl (C=O) groups excluding carboxylic acids is 2. The van der Waals surface area contributed by atoms with Crippen molar-refractivity contribution in [3.8, 4) is 0 Å². The standard InChI is InChI=1S/C16H17ClN4O2S/c1-9(2)15-19-20-16(24-15)18-14(23)10-7-13(22)21(8-10)12-6-4-3-5-11(12)17/h3-6,9-10H,7-8H2,1-2H3,(H,18,20,23). The summed E-state index contributed by atoms with van der Waals surface area (Å²) in [6.45, 7) is 4.34. The number of aromatic nitrogens is 2. The highest BCUT2D eigenvalue weighted by molar-refractivity contribution is 7.15. The summed E-state index contributed by atoms with van der Waals surface area (Å²) < 4.78 is 0. The first-order valence-electron chi connectivity index (χ1n) is 7.65. The van der Waals surface area contributed by atoms with Crippen LogP contribution in [0.3, 0.4) is 0 Å². The fourth-order valence-electron chi connectivity index (χ4n) is 2.51. The SMILES string of the molecule is CC(C)c1nnc(NC(=O)C2CC(=O)N(c3ccccc3Cl)C2)s1. The summed E-state index contributed by atoms with van der Waals surface area (Å²) in [5.41, 5.74) is 0.637. The van der Waals surface area contributed by atoms with Crippen LogP contribution < -0.4 is 10.2 Å². The number of amides is 2. The molecule has 0 radical (unpaired) electrons. The van der Waals surface area contributed by atoms with E-state index in [2.05, 4.69) is 15.5 Å². The van der Waals surface area contributed by atoms with Crippen molar-refractivity contribution < 1.29 is 9.59 Å². The molecule has 1 aromatic carbocycles. The topological polar surface area (TPSA) is 75.2 Å². The molecular formula is C16H17ClN4O2S. The molecule has 1 aromatic heterocycles. The van der Waals surface area contributed by atoms with E-state index in [0.29, 0.717) is 22.4 Å². The molecule has 1 N–H and O–H groups in total. The third kappa shape index (κ3) is 3.42. The molecule has 8 heteroatoms. The molecule has 1 aliphatic rings. The Hall–Kier alpha value is -1.99. The monoisotopic (exact) mass is 364 g/mol. The van der Waals surface area contributed by atoms with E-state index < -0.39 is 5.92 Å². The van der Waals surface area contributed by atoms with Gasteiger partial charge in [0.15, 0.2) is 0 Å². The lowest BCUT2D eigenvalue weighted by Crippen LogP contribution is -2.28. The van der Waals surface area contributed by atoms with Crippen molar-refractivity contribution in [2.45, 2.75) is 26.2 Å². The minimum absolute atomic E-state index is 0.108. The quantitative estimate of drug-likeness (QED) is 0.903. The second-order valence-electron chi connectivity index (χ2n) is 5.95. The lowest BCUT2D eigenvalue weighted by Gasteiger charge is -2.17. The van der Waals surface area contributed by atoms with Crippen molar-refractivity contribution in [1.29, 1.82) is 0 Å². The third-order valence-corrected chi connectivity index (χ3v) is 5.26. The van der Waals surface area contributed by atoms with Crippen molar-refractivity contribution in [1.82, 2.24) is 10.2 Å². The maximum absolute atomic E-state index is 12.4. The van der Waals surface area contributed by atoms with E-state index in [9.17, 15) is 9.59 Å². The summed E-state index contributed by atoms with van der Waals surface area (Å²) in [5.74, 6) is -0.496. The summed E-state index contributed by atoms with van der Waals surface area (Å²) in [4.78, 5) is 26.2. The third-order valence-electron chi connectivity index (χ3n) is 3.80. The molecule has 0 saturated carbocycles. The number of rotatable bonds is 4. The first kappa shape index (κ1) is 16.9. The largest absolute Gasteiger partial charge is 0.310 e. The Morgan fingerprint density at radius 3 is 2.79 bits per heavy atom. The molecule has 2 amide bonds. The molecule has 1 aliphatic heterocycles. The van der Waals surface area contributed by atoms with Crippen molar-refractivity contribution in [3.05, 3.63) is 34.3 Å². The van der Waals surface area contributed by atoms with E-state index in [1.165, 1.54) is 11.3 Å². The average Bonchev–Trinajstić information content (AvgIpc) is 3.15. The van der Waals surface area contributed by atoms with Gasteiger partial charge in [-0.2, -0.15) is 0 Å². The molecular weight excluding hydrogens is 348 g/mol. The molecule has 1 unspecified atom stereocenters. The Bertz CT molecular complexity index is 777. The van der Waals surface area contributed by atoms with Crippen LogP contribution in [-0.2, 0) is 9.59 Å². The number of carbonyl (C=O) groups is 2. The second kappa shape index (κ2) is 6.86. The second-order valence-corrected chi connectivity index (χ2v) is 7.36. The summed E-state index contributed by atoms with van der Waals surface area (Å²) in [5, 5.41) is 12.6. The first-order chi connectivity index (χ1) is 11.5. The normalized spacial score (nSPS) is 17.6. The molecule has 6 nitrogen and oxygen atoms in total. The smallest absolute Gasteiger partial charge is 0.231 e. The number of anilines is 2. The lowest BCUT2D eigenvalue weighted by atomic mass is 10.1. The van der Waals surface area contributed by atoms with Gasteiger partial charge in [-0.15, -0.1) is 10.2 Å². The molecule has 126 valence electrons. The first-order valence-corrected chi connectivity index (χ1v) is 8.84. The molecule has 1 saturated heterocycles. The number of nitrogens with one attached hydrogen (secondary N) is 1. The van der Waals surface area contributed by atoms with E-state index in [4.69, 9.17) is 11.6 Å². The number of hydrogen-bond donors (Lipinski definition) is 1. The predicted octanol–water partition coefficient (Wildman–Crippen LogP) is 3.31. The minimum atomic E-state index is -0.430. The Balaban J connectivity index is 1.68. The number of benzene rings is 1. The molecule has 24 heavy (non-hydrogen) atoms. The highest BCUT2D eigenvalue weighted by Gasteiger charge is 2.36. The highest BCUT2D eigenvalue weighted by Crippen LogP contribution is 2.31. The van der Waals surface area contributed by atoms with Crippen LogP contribution in [0.4, 0.5) is 10.8 Å². The van der Waals surface area contributed by atoms with Gasteiger partial charge >= 0.3 is 0 Å². The summed E-state index contributed by atoms with van der Waals surface area (Å²) in [6, 6.07) is 7.13. The van der Waals surface area contributed by atoms with E-state index in [1.807, 2.05) is 19.9 Å². The Morgan fingerprint density at radius 1 is 1.38 bits per heavy atom. The van der Waals surface area contributed by atoms with Crippen LogP contribution in [-0.4, -0.2) is 28.6 Å². The van der Waals surface area contributed by atoms with Crippen LogP contribution in [0, 0.1) is 5.92 Å². The van der Waals surface area contributed by atoms with Gasteiger partial charge in [0.1, 0.15) is 5.01 Å². The summed E-state index contributed by atoms with van der Waals surface area (Å²) >= 11 is 7.50. The number of halogens is 1. The van der Waals surface area contributed by atoms with Gasteiger partial charge in [0.2, 0.25) is 16.9 Å². The molecule has 3 rings (SSSR count). The molecule has 0 aliphatic carbocycles. The highest BCUT2D eigenvalue weighted by atomic mass is 35.5. The van der Waals surface area contributed by atoms with Gasteiger partial charge < -0.3 is 10.2 Å². The zero-order chi connectivity index (χ0) is 17.3. The Morgan fingerprint density at radius 2 is 2.12 bits per heavy atom. The van der Waals surface area contributed by atoms with Gasteiger partial charge in [-0.1, -0.05) is 48.9 Å². The maximum Gasteiger partial charge on any atom is 0.231 e. The fraction of sp³-hybridized carbons (Fsp3) is 0.375. The van der Waals surface area contributed by atoms with E-state index in [-0.39, 0.29) is 24.2 Å².